The number of allylic oxidation sites excluding steroid dienone is 2. The molecule has 0 aromatic carbocycles. The number of carboxylic acids is 1. The van der Waals surface area contributed by atoms with E-state index in [1.165, 1.54) is 11.3 Å². The molecule has 0 radical (unpaired) electrons. The van der Waals surface area contributed by atoms with Gasteiger partial charge in [0.25, 0.3) is 0 Å². The van der Waals surface area contributed by atoms with Gasteiger partial charge in [-0.1, -0.05) is 44.4 Å². The lowest BCUT2D eigenvalue weighted by Gasteiger charge is -2.34. The molecule has 6 heteroatoms. The van der Waals surface area contributed by atoms with Crippen molar-refractivity contribution in [3.05, 3.63) is 45.7 Å². The molecule has 30 heavy (non-hydrogen) atoms. The zero-order chi connectivity index (χ0) is 21.7. The normalized spacial score (nSPS) is 26.5. The number of carboxylic acid groups (broad SMARTS) is 1. The van der Waals surface area contributed by atoms with Crippen LogP contribution >= 0.6 is 34.5 Å². The summed E-state index contributed by atoms with van der Waals surface area (Å²) < 4.78 is -0.730. The minimum Gasteiger partial charge on any atom is -0.477 e. The van der Waals surface area contributed by atoms with E-state index in [9.17, 15) is 9.90 Å². The monoisotopic (exact) mass is 470 g/mol. The van der Waals surface area contributed by atoms with Crippen molar-refractivity contribution in [2.45, 2.75) is 75.1 Å². The van der Waals surface area contributed by atoms with Gasteiger partial charge in [0.15, 0.2) is 0 Å². The van der Waals surface area contributed by atoms with Gasteiger partial charge in [-0.2, -0.15) is 0 Å². The number of halogens is 2. The van der Waals surface area contributed by atoms with Gasteiger partial charge in [0, 0.05) is 10.8 Å². The predicted octanol–water partition coefficient (Wildman–Crippen LogP) is 7.02. The molecule has 3 unspecified atom stereocenters. The molecule has 2 N–H and O–H groups in total. The standard InChI is InChI=1S/C24H32Cl2O3S/c1-2-3-4-5-20(27)16-6-8-17(9-7-16)22-18(14-15-24(22,25)26)10-11-19-12-13-21(30-19)23(28)29/h6-8,12-13,17-18,20,22,27H,2-5,9-11,14-15H2,1H3,(H,28,29)/t17?,18?,20?,22-/m1/s1. The molecule has 1 heterocycles. The quantitative estimate of drug-likeness (QED) is 0.285. The number of thiophene rings is 1. The van der Waals surface area contributed by atoms with E-state index in [1.807, 2.05) is 6.07 Å². The van der Waals surface area contributed by atoms with Crippen LogP contribution in [-0.4, -0.2) is 26.6 Å². The zero-order valence-electron chi connectivity index (χ0n) is 17.5. The van der Waals surface area contributed by atoms with Crippen LogP contribution in [0.15, 0.2) is 35.9 Å². The highest BCUT2D eigenvalue weighted by Gasteiger charge is 2.48. The second-order valence-corrected chi connectivity index (χ2v) is 11.4. The van der Waals surface area contributed by atoms with Gasteiger partial charge in [0.2, 0.25) is 0 Å². The van der Waals surface area contributed by atoms with E-state index in [2.05, 4.69) is 25.2 Å². The molecule has 0 amide bonds. The Morgan fingerprint density at radius 3 is 2.77 bits per heavy atom. The molecule has 2 aliphatic carbocycles. The Hall–Kier alpha value is -0.810. The highest BCUT2D eigenvalue weighted by atomic mass is 35.5. The van der Waals surface area contributed by atoms with Crippen LogP contribution in [0.5, 0.6) is 0 Å². The summed E-state index contributed by atoms with van der Waals surface area (Å²) in [6, 6.07) is 3.60. The Labute approximate surface area is 193 Å². The average molecular weight is 471 g/mol. The third-order valence-corrected chi connectivity index (χ3v) is 8.58. The molecule has 1 aromatic rings. The van der Waals surface area contributed by atoms with Gasteiger partial charge in [-0.15, -0.1) is 34.5 Å². The van der Waals surface area contributed by atoms with Crippen LogP contribution < -0.4 is 0 Å². The number of alkyl halides is 2. The smallest absolute Gasteiger partial charge is 0.345 e. The fourth-order valence-electron chi connectivity index (χ4n) is 4.93. The average Bonchev–Trinajstić information content (AvgIpc) is 3.30. The van der Waals surface area contributed by atoms with Gasteiger partial charge < -0.3 is 10.2 Å². The number of aromatic carboxylic acids is 1. The number of hydrogen-bond acceptors (Lipinski definition) is 3. The maximum Gasteiger partial charge on any atom is 0.345 e. The molecule has 3 rings (SSSR count). The van der Waals surface area contributed by atoms with E-state index in [0.717, 1.165) is 68.2 Å². The summed E-state index contributed by atoms with van der Waals surface area (Å²) in [6.07, 6.45) is 14.7. The molecule has 0 spiro atoms. The lowest BCUT2D eigenvalue weighted by molar-refractivity contribution is 0.0702. The van der Waals surface area contributed by atoms with E-state index in [0.29, 0.717) is 10.8 Å². The van der Waals surface area contributed by atoms with Crippen molar-refractivity contribution >= 4 is 40.5 Å². The number of aryl methyl sites for hydroxylation is 1. The first-order valence-corrected chi connectivity index (χ1v) is 12.6. The molecule has 2 aliphatic rings. The molecular formula is C24H32Cl2O3S. The Bertz CT molecular complexity index is 783. The van der Waals surface area contributed by atoms with Crippen molar-refractivity contribution in [2.75, 3.05) is 0 Å². The van der Waals surface area contributed by atoms with Gasteiger partial charge in [-0.25, -0.2) is 4.79 Å². The number of carbonyl (C=O) groups is 1. The van der Waals surface area contributed by atoms with Crippen LogP contribution in [0.4, 0.5) is 0 Å². The van der Waals surface area contributed by atoms with E-state index >= 15 is 0 Å². The second kappa shape index (κ2) is 10.7. The zero-order valence-corrected chi connectivity index (χ0v) is 19.9. The van der Waals surface area contributed by atoms with Gasteiger partial charge >= 0.3 is 5.97 Å². The van der Waals surface area contributed by atoms with Crippen molar-refractivity contribution in [1.29, 1.82) is 0 Å². The van der Waals surface area contributed by atoms with E-state index < -0.39 is 10.3 Å². The fraction of sp³-hybridized carbons (Fsp3) is 0.625. The van der Waals surface area contributed by atoms with Gasteiger partial charge in [-0.3, -0.25) is 0 Å². The van der Waals surface area contributed by atoms with Crippen LogP contribution in [0.2, 0.25) is 0 Å². The van der Waals surface area contributed by atoms with E-state index in [-0.39, 0.29) is 17.9 Å². The minimum atomic E-state index is -0.864. The molecule has 3 nitrogen and oxygen atoms in total. The maximum absolute atomic E-state index is 11.1. The third-order valence-electron chi connectivity index (χ3n) is 6.57. The van der Waals surface area contributed by atoms with Crippen LogP contribution in [0.25, 0.3) is 0 Å². The molecule has 0 saturated heterocycles. The maximum atomic E-state index is 11.1. The van der Waals surface area contributed by atoms with Gasteiger partial charge in [0.1, 0.15) is 9.21 Å². The molecular weight excluding hydrogens is 439 g/mol. The summed E-state index contributed by atoms with van der Waals surface area (Å²) in [5.41, 5.74) is 1.02. The molecule has 1 aromatic heterocycles. The number of aliphatic hydroxyl groups is 1. The Morgan fingerprint density at radius 2 is 2.13 bits per heavy atom. The summed E-state index contributed by atoms with van der Waals surface area (Å²) in [7, 11) is 0. The van der Waals surface area contributed by atoms with Crippen molar-refractivity contribution in [2.24, 2.45) is 17.8 Å². The Kier molecular flexibility index (Phi) is 8.48. The highest BCUT2D eigenvalue weighted by Crippen LogP contribution is 2.54. The van der Waals surface area contributed by atoms with Crippen LogP contribution in [0.3, 0.4) is 0 Å². The number of aliphatic hydroxyl groups excluding tert-OH is 1. The number of rotatable bonds is 10. The topological polar surface area (TPSA) is 57.5 Å². The van der Waals surface area contributed by atoms with Crippen LogP contribution in [-0.2, 0) is 6.42 Å². The largest absolute Gasteiger partial charge is 0.477 e. The van der Waals surface area contributed by atoms with Crippen molar-refractivity contribution < 1.29 is 15.0 Å². The van der Waals surface area contributed by atoms with Gasteiger partial charge in [0.05, 0.1) is 6.10 Å². The second-order valence-electron chi connectivity index (χ2n) is 8.67. The van der Waals surface area contributed by atoms with Gasteiger partial charge in [-0.05, 0) is 68.1 Å². The first-order valence-electron chi connectivity index (χ1n) is 11.1. The molecule has 166 valence electrons. The SMILES string of the molecule is CCCCCC(O)C1=CCC([C@@H]2C(CCc3ccc(C(=O)O)s3)CCC2(Cl)Cl)C=C1. The molecule has 4 atom stereocenters. The summed E-state index contributed by atoms with van der Waals surface area (Å²) in [5.74, 6) is -0.00479. The minimum absolute atomic E-state index is 0.172. The summed E-state index contributed by atoms with van der Waals surface area (Å²) in [4.78, 5) is 12.6. The van der Waals surface area contributed by atoms with Crippen molar-refractivity contribution in [1.82, 2.24) is 0 Å². The first-order chi connectivity index (χ1) is 14.3. The van der Waals surface area contributed by atoms with Crippen LogP contribution in [0, 0.1) is 17.8 Å². The lowest BCUT2D eigenvalue weighted by Crippen LogP contribution is -2.31. The predicted molar refractivity (Wildman–Crippen MR) is 126 cm³/mol. The van der Waals surface area contributed by atoms with Crippen molar-refractivity contribution in [3.8, 4) is 0 Å². The molecule has 1 fully saturated rings. The third kappa shape index (κ3) is 5.91. The summed E-state index contributed by atoms with van der Waals surface area (Å²) >= 11 is 14.9. The Balaban J connectivity index is 1.60. The number of unbranched alkanes of at least 4 members (excludes halogenated alkanes) is 2. The molecule has 0 aliphatic heterocycles. The highest BCUT2D eigenvalue weighted by molar-refractivity contribution is 7.13. The van der Waals surface area contributed by atoms with E-state index in [4.69, 9.17) is 28.3 Å². The first kappa shape index (κ1) is 23.8. The number of hydrogen-bond donors (Lipinski definition) is 2. The van der Waals surface area contributed by atoms with Crippen LogP contribution in [0.1, 0.15) is 72.8 Å². The molecule has 1 saturated carbocycles. The summed E-state index contributed by atoms with van der Waals surface area (Å²) in [5, 5.41) is 19.6. The fourth-order valence-corrected chi connectivity index (χ4v) is 6.69. The lowest BCUT2D eigenvalue weighted by atomic mass is 9.77. The Morgan fingerprint density at radius 1 is 1.33 bits per heavy atom. The molecule has 0 bridgehead atoms. The van der Waals surface area contributed by atoms with Crippen molar-refractivity contribution in [3.63, 3.8) is 0 Å². The van der Waals surface area contributed by atoms with E-state index in [1.54, 1.807) is 6.07 Å². The summed E-state index contributed by atoms with van der Waals surface area (Å²) in [6.45, 7) is 2.17.